The summed E-state index contributed by atoms with van der Waals surface area (Å²) in [6, 6.07) is 0.252. The summed E-state index contributed by atoms with van der Waals surface area (Å²) in [4.78, 5) is 24.0. The normalized spacial score (nSPS) is 12.3. The predicted octanol–water partition coefficient (Wildman–Crippen LogP) is -0.787. The van der Waals surface area contributed by atoms with Crippen LogP contribution in [0, 0.1) is 0 Å². The third-order valence-corrected chi connectivity index (χ3v) is 2.67. The molecule has 0 aliphatic rings. The van der Waals surface area contributed by atoms with Crippen LogP contribution in [0.4, 0.5) is 0 Å². The lowest BCUT2D eigenvalue weighted by molar-refractivity contribution is -0.122. The molecule has 94 valence electrons. The van der Waals surface area contributed by atoms with Crippen molar-refractivity contribution in [1.82, 2.24) is 15.6 Å². The van der Waals surface area contributed by atoms with Crippen LogP contribution in [0.15, 0.2) is 0 Å². The Morgan fingerprint density at radius 1 is 1.31 bits per heavy atom. The van der Waals surface area contributed by atoms with Crippen molar-refractivity contribution in [2.24, 2.45) is 5.84 Å². The average molecular weight is 230 g/mol. The second-order valence-corrected chi connectivity index (χ2v) is 3.86. The molecule has 4 N–H and O–H groups in total. The van der Waals surface area contributed by atoms with Gasteiger partial charge >= 0.3 is 0 Å². The molecule has 1 unspecified atom stereocenters. The van der Waals surface area contributed by atoms with Gasteiger partial charge in [0.25, 0.3) is 0 Å². The first-order chi connectivity index (χ1) is 7.51. The molecule has 16 heavy (non-hydrogen) atoms. The molecule has 0 heterocycles. The Hall–Kier alpha value is -1.14. The third kappa shape index (κ3) is 6.36. The Kier molecular flexibility index (Phi) is 7.49. The van der Waals surface area contributed by atoms with Crippen LogP contribution in [0.5, 0.6) is 0 Å². The summed E-state index contributed by atoms with van der Waals surface area (Å²) in [5.41, 5.74) is 2.10. The molecule has 0 saturated carbocycles. The molecular weight excluding hydrogens is 208 g/mol. The van der Waals surface area contributed by atoms with Crippen molar-refractivity contribution in [2.45, 2.75) is 32.2 Å². The maximum Gasteiger partial charge on any atom is 0.233 e. The van der Waals surface area contributed by atoms with E-state index in [1.165, 1.54) is 0 Å². The van der Waals surface area contributed by atoms with Gasteiger partial charge in [0.05, 0.1) is 0 Å². The molecule has 0 aromatic heterocycles. The van der Waals surface area contributed by atoms with Crippen LogP contribution in [0.2, 0.25) is 0 Å². The largest absolute Gasteiger partial charge is 0.359 e. The van der Waals surface area contributed by atoms with Gasteiger partial charge in [0.1, 0.15) is 0 Å². The van der Waals surface area contributed by atoms with E-state index in [0.29, 0.717) is 19.4 Å². The predicted molar refractivity (Wildman–Crippen MR) is 62.3 cm³/mol. The Bertz CT molecular complexity index is 209. The summed E-state index contributed by atoms with van der Waals surface area (Å²) in [7, 11) is 3.56. The number of carbonyl (C=O) groups excluding carboxylic acids is 2. The molecule has 0 aromatic rings. The summed E-state index contributed by atoms with van der Waals surface area (Å²) in [6.07, 6.45) is 1.61. The first kappa shape index (κ1) is 14.9. The van der Waals surface area contributed by atoms with E-state index in [9.17, 15) is 9.59 Å². The standard InChI is InChI=1S/C10H22N4O2/c1-8(4-5-10(16)13-11)14(3)7-6-9(15)12-2/h8H,4-7,11H2,1-3H3,(H,12,15)(H,13,16). The molecule has 0 rings (SSSR count). The SMILES string of the molecule is CNC(=O)CCN(C)C(C)CCC(=O)NN. The zero-order chi connectivity index (χ0) is 12.6. The number of hydrogen-bond donors (Lipinski definition) is 3. The monoisotopic (exact) mass is 230 g/mol. The van der Waals surface area contributed by atoms with Crippen LogP contribution >= 0.6 is 0 Å². The van der Waals surface area contributed by atoms with Crippen molar-refractivity contribution in [1.29, 1.82) is 0 Å². The lowest BCUT2D eigenvalue weighted by Crippen LogP contribution is -2.35. The van der Waals surface area contributed by atoms with Gasteiger partial charge in [-0.1, -0.05) is 0 Å². The minimum Gasteiger partial charge on any atom is -0.359 e. The van der Waals surface area contributed by atoms with Crippen molar-refractivity contribution in [2.75, 3.05) is 20.6 Å². The lowest BCUT2D eigenvalue weighted by Gasteiger charge is -2.23. The van der Waals surface area contributed by atoms with Crippen LogP contribution in [0.25, 0.3) is 0 Å². The van der Waals surface area contributed by atoms with Gasteiger partial charge in [0.2, 0.25) is 11.8 Å². The van der Waals surface area contributed by atoms with Gasteiger partial charge in [0, 0.05) is 32.5 Å². The van der Waals surface area contributed by atoms with Crippen LogP contribution < -0.4 is 16.6 Å². The summed E-state index contributed by atoms with van der Waals surface area (Å²) in [6.45, 7) is 2.71. The molecule has 0 bridgehead atoms. The second-order valence-electron chi connectivity index (χ2n) is 3.86. The van der Waals surface area contributed by atoms with Crippen LogP contribution in [0.1, 0.15) is 26.2 Å². The van der Waals surface area contributed by atoms with Gasteiger partial charge < -0.3 is 10.2 Å². The number of amides is 2. The topological polar surface area (TPSA) is 87.5 Å². The minimum absolute atomic E-state index is 0.0266. The zero-order valence-electron chi connectivity index (χ0n) is 10.2. The fraction of sp³-hybridized carbons (Fsp3) is 0.800. The minimum atomic E-state index is -0.161. The Labute approximate surface area is 96.5 Å². The number of carbonyl (C=O) groups is 2. The van der Waals surface area contributed by atoms with E-state index in [-0.39, 0.29) is 17.9 Å². The van der Waals surface area contributed by atoms with Crippen molar-refractivity contribution < 1.29 is 9.59 Å². The van der Waals surface area contributed by atoms with Gasteiger partial charge in [0.15, 0.2) is 0 Å². The number of nitrogens with one attached hydrogen (secondary N) is 2. The summed E-state index contributed by atoms with van der Waals surface area (Å²) in [5.74, 6) is 4.85. The Balaban J connectivity index is 3.76. The van der Waals surface area contributed by atoms with E-state index in [1.807, 2.05) is 14.0 Å². The van der Waals surface area contributed by atoms with Crippen molar-refractivity contribution in [3.8, 4) is 0 Å². The summed E-state index contributed by atoms with van der Waals surface area (Å²) in [5, 5.41) is 2.57. The van der Waals surface area contributed by atoms with Crippen molar-refractivity contribution in [3.05, 3.63) is 0 Å². The summed E-state index contributed by atoms with van der Waals surface area (Å²) < 4.78 is 0. The fourth-order valence-corrected chi connectivity index (χ4v) is 1.26. The van der Waals surface area contributed by atoms with E-state index in [4.69, 9.17) is 5.84 Å². The number of hydrazine groups is 1. The molecule has 0 saturated heterocycles. The molecule has 0 aliphatic heterocycles. The summed E-state index contributed by atoms with van der Waals surface area (Å²) >= 11 is 0. The molecule has 1 atom stereocenters. The highest BCUT2D eigenvalue weighted by molar-refractivity contribution is 5.75. The van der Waals surface area contributed by atoms with Gasteiger partial charge in [-0.2, -0.15) is 0 Å². The smallest absolute Gasteiger partial charge is 0.233 e. The second kappa shape index (κ2) is 8.06. The Morgan fingerprint density at radius 3 is 2.44 bits per heavy atom. The maximum absolute atomic E-state index is 11.0. The van der Waals surface area contributed by atoms with E-state index >= 15 is 0 Å². The zero-order valence-corrected chi connectivity index (χ0v) is 10.2. The van der Waals surface area contributed by atoms with Crippen LogP contribution in [-0.2, 0) is 9.59 Å². The molecule has 2 amide bonds. The van der Waals surface area contributed by atoms with Gasteiger partial charge in [-0.25, -0.2) is 5.84 Å². The average Bonchev–Trinajstić information content (AvgIpc) is 2.31. The van der Waals surface area contributed by atoms with Crippen LogP contribution in [-0.4, -0.2) is 43.4 Å². The van der Waals surface area contributed by atoms with E-state index in [0.717, 1.165) is 6.42 Å². The van der Waals surface area contributed by atoms with E-state index < -0.39 is 0 Å². The molecule has 6 heteroatoms. The highest BCUT2D eigenvalue weighted by Crippen LogP contribution is 2.04. The molecule has 0 fully saturated rings. The highest BCUT2D eigenvalue weighted by atomic mass is 16.2. The van der Waals surface area contributed by atoms with Gasteiger partial charge in [-0.15, -0.1) is 0 Å². The quantitative estimate of drug-likeness (QED) is 0.304. The number of nitrogens with two attached hydrogens (primary N) is 1. The first-order valence-corrected chi connectivity index (χ1v) is 5.41. The Morgan fingerprint density at radius 2 is 1.94 bits per heavy atom. The van der Waals surface area contributed by atoms with Crippen LogP contribution in [0.3, 0.4) is 0 Å². The van der Waals surface area contributed by atoms with Gasteiger partial charge in [-0.05, 0) is 20.4 Å². The molecule has 0 aliphatic carbocycles. The number of nitrogens with zero attached hydrogens (tertiary/aromatic N) is 1. The molecule has 0 radical (unpaired) electrons. The third-order valence-electron chi connectivity index (χ3n) is 2.67. The first-order valence-electron chi connectivity index (χ1n) is 5.41. The highest BCUT2D eigenvalue weighted by Gasteiger charge is 2.11. The number of rotatable bonds is 7. The molecule has 0 aromatic carbocycles. The fourth-order valence-electron chi connectivity index (χ4n) is 1.26. The molecule has 6 nitrogen and oxygen atoms in total. The van der Waals surface area contributed by atoms with Crippen molar-refractivity contribution in [3.63, 3.8) is 0 Å². The molecular formula is C10H22N4O2. The van der Waals surface area contributed by atoms with Crippen molar-refractivity contribution >= 4 is 11.8 Å². The number of hydrogen-bond acceptors (Lipinski definition) is 4. The van der Waals surface area contributed by atoms with Gasteiger partial charge in [-0.3, -0.25) is 15.0 Å². The molecule has 0 spiro atoms. The van der Waals surface area contributed by atoms with E-state index in [1.54, 1.807) is 7.05 Å². The maximum atomic E-state index is 11.0. The lowest BCUT2D eigenvalue weighted by atomic mass is 10.1. The van der Waals surface area contributed by atoms with E-state index in [2.05, 4.69) is 15.6 Å².